The lowest BCUT2D eigenvalue weighted by molar-refractivity contribution is 0.283. The summed E-state index contributed by atoms with van der Waals surface area (Å²) in [6, 6.07) is 7.26. The van der Waals surface area contributed by atoms with E-state index in [0.29, 0.717) is 18.6 Å². The topological polar surface area (TPSA) is 35.5 Å². The molecule has 0 radical (unpaired) electrons. The molecule has 112 valence electrons. The van der Waals surface area contributed by atoms with Gasteiger partial charge in [-0.2, -0.15) is 0 Å². The van der Waals surface area contributed by atoms with Crippen molar-refractivity contribution in [1.29, 1.82) is 0 Å². The highest BCUT2D eigenvalue weighted by Crippen LogP contribution is 2.34. The van der Waals surface area contributed by atoms with Crippen LogP contribution in [0.5, 0.6) is 0 Å². The molecule has 1 aliphatic rings. The summed E-state index contributed by atoms with van der Waals surface area (Å²) in [6.07, 6.45) is 3.68. The predicted molar refractivity (Wildman–Crippen MR) is 85.5 cm³/mol. The Morgan fingerprint density at radius 2 is 2.15 bits per heavy atom. The average Bonchev–Trinajstić information content (AvgIpc) is 2.34. The van der Waals surface area contributed by atoms with E-state index in [1.54, 1.807) is 0 Å². The molecule has 0 aromatic heterocycles. The van der Waals surface area contributed by atoms with Crippen LogP contribution >= 0.6 is 11.6 Å². The SMILES string of the molecule is CC(C)NCc1ccc(N(CCO)C2CCC2)c(Cl)c1. The third-order valence-electron chi connectivity index (χ3n) is 3.89. The highest BCUT2D eigenvalue weighted by molar-refractivity contribution is 6.33. The summed E-state index contributed by atoms with van der Waals surface area (Å²) in [5, 5.41) is 13.4. The van der Waals surface area contributed by atoms with Crippen molar-refractivity contribution < 1.29 is 5.11 Å². The van der Waals surface area contributed by atoms with Crippen molar-refractivity contribution in [2.45, 2.75) is 51.7 Å². The van der Waals surface area contributed by atoms with Crippen LogP contribution in [0.4, 0.5) is 5.69 Å². The number of aliphatic hydroxyl groups is 1. The predicted octanol–water partition coefficient (Wildman–Crippen LogP) is 3.19. The fourth-order valence-corrected chi connectivity index (χ4v) is 2.83. The summed E-state index contributed by atoms with van der Waals surface area (Å²) in [7, 11) is 0. The number of hydrogen-bond donors (Lipinski definition) is 2. The number of hydrogen-bond acceptors (Lipinski definition) is 3. The molecule has 1 saturated carbocycles. The zero-order valence-electron chi connectivity index (χ0n) is 12.4. The summed E-state index contributed by atoms with van der Waals surface area (Å²) in [4.78, 5) is 2.26. The normalized spacial score (nSPS) is 15.4. The first-order valence-corrected chi connectivity index (χ1v) is 7.89. The molecule has 0 atom stereocenters. The Bertz CT molecular complexity index is 432. The van der Waals surface area contributed by atoms with Crippen LogP contribution in [0.2, 0.25) is 5.02 Å². The third-order valence-corrected chi connectivity index (χ3v) is 4.20. The van der Waals surface area contributed by atoms with E-state index in [2.05, 4.69) is 36.2 Å². The summed E-state index contributed by atoms with van der Waals surface area (Å²) in [6.45, 7) is 5.93. The maximum atomic E-state index is 9.26. The Labute approximate surface area is 126 Å². The van der Waals surface area contributed by atoms with Crippen molar-refractivity contribution in [3.05, 3.63) is 28.8 Å². The van der Waals surface area contributed by atoms with Gasteiger partial charge in [-0.1, -0.05) is 31.5 Å². The minimum Gasteiger partial charge on any atom is -0.395 e. The van der Waals surface area contributed by atoms with Crippen molar-refractivity contribution in [2.75, 3.05) is 18.1 Å². The second kappa shape index (κ2) is 7.30. The largest absolute Gasteiger partial charge is 0.395 e. The standard InChI is InChI=1S/C16H25ClN2O/c1-12(2)18-11-13-6-7-16(15(17)10-13)19(8-9-20)14-4-3-5-14/h6-7,10,12,14,18,20H,3-5,8-9,11H2,1-2H3. The summed E-state index contributed by atoms with van der Waals surface area (Å²) >= 11 is 6.45. The molecule has 0 aliphatic heterocycles. The first kappa shape index (κ1) is 15.6. The van der Waals surface area contributed by atoms with E-state index in [4.69, 9.17) is 11.6 Å². The number of nitrogens with one attached hydrogen (secondary N) is 1. The number of rotatable bonds is 7. The number of halogens is 1. The molecule has 0 saturated heterocycles. The molecular formula is C16H25ClN2O. The van der Waals surface area contributed by atoms with Crippen LogP contribution in [0.1, 0.15) is 38.7 Å². The minimum atomic E-state index is 0.170. The Morgan fingerprint density at radius 3 is 2.65 bits per heavy atom. The number of aliphatic hydroxyl groups excluding tert-OH is 1. The van der Waals surface area contributed by atoms with E-state index in [1.165, 1.54) is 24.8 Å². The zero-order chi connectivity index (χ0) is 14.5. The summed E-state index contributed by atoms with van der Waals surface area (Å²) in [5.41, 5.74) is 2.25. The molecule has 0 heterocycles. The number of anilines is 1. The molecule has 4 heteroatoms. The van der Waals surface area contributed by atoms with Crippen molar-refractivity contribution in [1.82, 2.24) is 5.32 Å². The Morgan fingerprint density at radius 1 is 1.40 bits per heavy atom. The fourth-order valence-electron chi connectivity index (χ4n) is 2.52. The van der Waals surface area contributed by atoms with Crippen molar-refractivity contribution in [2.24, 2.45) is 0 Å². The summed E-state index contributed by atoms with van der Waals surface area (Å²) in [5.74, 6) is 0. The lowest BCUT2D eigenvalue weighted by Gasteiger charge is -2.39. The number of benzene rings is 1. The van der Waals surface area contributed by atoms with Gasteiger partial charge in [0.1, 0.15) is 0 Å². The van der Waals surface area contributed by atoms with Gasteiger partial charge in [0, 0.05) is 25.2 Å². The van der Waals surface area contributed by atoms with Gasteiger partial charge in [0.2, 0.25) is 0 Å². The zero-order valence-corrected chi connectivity index (χ0v) is 13.2. The van der Waals surface area contributed by atoms with Crippen molar-refractivity contribution in [3.8, 4) is 0 Å². The second-order valence-corrected chi connectivity index (χ2v) is 6.23. The smallest absolute Gasteiger partial charge is 0.0642 e. The van der Waals surface area contributed by atoms with Gasteiger partial charge in [0.25, 0.3) is 0 Å². The molecule has 20 heavy (non-hydrogen) atoms. The van der Waals surface area contributed by atoms with Crippen molar-refractivity contribution >= 4 is 17.3 Å². The van der Waals surface area contributed by atoms with Gasteiger partial charge in [-0.15, -0.1) is 0 Å². The van der Waals surface area contributed by atoms with Crippen LogP contribution in [0.15, 0.2) is 18.2 Å². The molecular weight excluding hydrogens is 272 g/mol. The molecule has 2 N–H and O–H groups in total. The van der Waals surface area contributed by atoms with Gasteiger partial charge in [0.05, 0.1) is 17.3 Å². The highest BCUT2D eigenvalue weighted by Gasteiger charge is 2.26. The van der Waals surface area contributed by atoms with Crippen LogP contribution in [0.3, 0.4) is 0 Å². The lowest BCUT2D eigenvalue weighted by Crippen LogP contribution is -2.42. The van der Waals surface area contributed by atoms with Gasteiger partial charge >= 0.3 is 0 Å². The second-order valence-electron chi connectivity index (χ2n) is 5.82. The Balaban J connectivity index is 2.10. The molecule has 0 amide bonds. The van der Waals surface area contributed by atoms with E-state index in [1.807, 2.05) is 6.07 Å². The van der Waals surface area contributed by atoms with E-state index < -0.39 is 0 Å². The maximum absolute atomic E-state index is 9.26. The third kappa shape index (κ3) is 3.87. The molecule has 3 nitrogen and oxygen atoms in total. The molecule has 2 rings (SSSR count). The highest BCUT2D eigenvalue weighted by atomic mass is 35.5. The first-order valence-electron chi connectivity index (χ1n) is 7.51. The fraction of sp³-hybridized carbons (Fsp3) is 0.625. The first-order chi connectivity index (χ1) is 9.61. The maximum Gasteiger partial charge on any atom is 0.0642 e. The monoisotopic (exact) mass is 296 g/mol. The molecule has 1 aromatic carbocycles. The van der Waals surface area contributed by atoms with Gasteiger partial charge in [-0.25, -0.2) is 0 Å². The Hall–Kier alpha value is -0.770. The van der Waals surface area contributed by atoms with Crippen LogP contribution in [-0.4, -0.2) is 30.3 Å². The van der Waals surface area contributed by atoms with Crippen LogP contribution in [0.25, 0.3) is 0 Å². The van der Waals surface area contributed by atoms with Crippen molar-refractivity contribution in [3.63, 3.8) is 0 Å². The molecule has 1 aromatic rings. The molecule has 0 unspecified atom stereocenters. The van der Waals surface area contributed by atoms with E-state index in [-0.39, 0.29) is 6.61 Å². The van der Waals surface area contributed by atoms with E-state index >= 15 is 0 Å². The number of nitrogens with zero attached hydrogens (tertiary/aromatic N) is 1. The van der Waals surface area contributed by atoms with Gasteiger partial charge in [-0.3, -0.25) is 0 Å². The minimum absolute atomic E-state index is 0.170. The molecule has 0 spiro atoms. The van der Waals surface area contributed by atoms with Crippen LogP contribution in [0, 0.1) is 0 Å². The average molecular weight is 297 g/mol. The van der Waals surface area contributed by atoms with Crippen LogP contribution < -0.4 is 10.2 Å². The van der Waals surface area contributed by atoms with Gasteiger partial charge in [-0.05, 0) is 37.0 Å². The van der Waals surface area contributed by atoms with E-state index in [9.17, 15) is 5.11 Å². The molecule has 1 aliphatic carbocycles. The molecule has 1 fully saturated rings. The van der Waals surface area contributed by atoms with Gasteiger partial charge in [0.15, 0.2) is 0 Å². The van der Waals surface area contributed by atoms with Crippen LogP contribution in [-0.2, 0) is 6.54 Å². The van der Waals surface area contributed by atoms with E-state index in [0.717, 1.165) is 17.3 Å². The quantitative estimate of drug-likeness (QED) is 0.811. The lowest BCUT2D eigenvalue weighted by atomic mass is 9.91. The summed E-state index contributed by atoms with van der Waals surface area (Å²) < 4.78 is 0. The molecule has 0 bridgehead atoms. The Kier molecular flexibility index (Phi) is 5.70. The van der Waals surface area contributed by atoms with Gasteiger partial charge < -0.3 is 15.3 Å².